The number of hydrogen-bond acceptors (Lipinski definition) is 7. The van der Waals surface area contributed by atoms with Crippen molar-refractivity contribution in [3.8, 4) is 0 Å². The first-order valence-electron chi connectivity index (χ1n) is 11.4. The maximum absolute atomic E-state index is 12.7. The summed E-state index contributed by atoms with van der Waals surface area (Å²) >= 11 is 0. The van der Waals surface area contributed by atoms with E-state index in [4.69, 9.17) is 4.74 Å². The molecule has 1 aromatic heterocycles. The van der Waals surface area contributed by atoms with Gasteiger partial charge in [0.15, 0.2) is 6.04 Å². The van der Waals surface area contributed by atoms with Crippen LogP contribution in [0.15, 0.2) is 53.7 Å². The number of benzene rings is 1. The van der Waals surface area contributed by atoms with Crippen LogP contribution in [0.4, 0.5) is 10.5 Å². The van der Waals surface area contributed by atoms with Crippen LogP contribution in [0.25, 0.3) is 0 Å². The molecule has 1 saturated heterocycles. The second kappa shape index (κ2) is 11.9. The number of para-hydroxylation sites is 1. The van der Waals surface area contributed by atoms with E-state index >= 15 is 0 Å². The van der Waals surface area contributed by atoms with Crippen LogP contribution in [0.2, 0.25) is 0 Å². The van der Waals surface area contributed by atoms with Gasteiger partial charge in [-0.3, -0.25) is 19.6 Å². The zero-order valence-electron chi connectivity index (χ0n) is 19.6. The van der Waals surface area contributed by atoms with Gasteiger partial charge in [0.2, 0.25) is 5.91 Å². The molecule has 0 bridgehead atoms. The minimum atomic E-state index is -1.21. The Kier molecular flexibility index (Phi) is 8.66. The maximum atomic E-state index is 12.7. The number of pyridine rings is 1. The Morgan fingerprint density at radius 1 is 1.20 bits per heavy atom. The van der Waals surface area contributed by atoms with Gasteiger partial charge in [-0.05, 0) is 31.5 Å². The van der Waals surface area contributed by atoms with E-state index in [1.807, 2.05) is 6.92 Å². The Balaban J connectivity index is 1.85. The number of hydrogen-bond donors (Lipinski definition) is 2. The van der Waals surface area contributed by atoms with E-state index in [-0.39, 0.29) is 25.3 Å². The van der Waals surface area contributed by atoms with Crippen LogP contribution >= 0.6 is 0 Å². The summed E-state index contributed by atoms with van der Waals surface area (Å²) in [6.45, 7) is 3.83. The number of nitrogens with zero attached hydrogens (tertiary/aromatic N) is 3. The van der Waals surface area contributed by atoms with Crippen LogP contribution in [-0.4, -0.2) is 63.8 Å². The van der Waals surface area contributed by atoms with Crippen molar-refractivity contribution >= 4 is 35.3 Å². The molecule has 184 valence electrons. The van der Waals surface area contributed by atoms with E-state index in [9.17, 15) is 24.3 Å². The quantitative estimate of drug-likeness (QED) is 0.497. The van der Waals surface area contributed by atoms with Crippen LogP contribution in [0.5, 0.6) is 0 Å². The lowest BCUT2D eigenvalue weighted by atomic mass is 9.90. The van der Waals surface area contributed by atoms with E-state index in [0.717, 1.165) is 4.90 Å². The highest BCUT2D eigenvalue weighted by Crippen LogP contribution is 2.24. The largest absolute Gasteiger partial charge is 0.480 e. The zero-order chi connectivity index (χ0) is 25.4. The second-order valence-electron chi connectivity index (χ2n) is 8.12. The molecule has 0 unspecified atom stereocenters. The number of aliphatic imine (C=N–C) groups is 1. The van der Waals surface area contributed by atoms with Crippen molar-refractivity contribution in [2.24, 2.45) is 10.9 Å². The summed E-state index contributed by atoms with van der Waals surface area (Å²) in [6, 6.07) is 10.7. The number of amides is 3. The number of ether oxygens (including phenoxy) is 1. The van der Waals surface area contributed by atoms with Crippen molar-refractivity contribution in [3.05, 3.63) is 59.9 Å². The molecule has 1 fully saturated rings. The molecule has 2 heterocycles. The molecule has 35 heavy (non-hydrogen) atoms. The van der Waals surface area contributed by atoms with E-state index in [1.54, 1.807) is 49.4 Å². The molecule has 2 N–H and O–H groups in total. The summed E-state index contributed by atoms with van der Waals surface area (Å²) in [7, 11) is 0. The molecular weight excluding hydrogens is 452 g/mol. The summed E-state index contributed by atoms with van der Waals surface area (Å²) in [6.07, 6.45) is 1.73. The Hall–Kier alpha value is -4.08. The summed E-state index contributed by atoms with van der Waals surface area (Å²) < 4.78 is 4.82. The number of carboxylic acids is 1. The number of carbonyl (C=O) groups excluding carboxylic acids is 3. The van der Waals surface area contributed by atoms with Gasteiger partial charge in [-0.25, -0.2) is 14.5 Å². The Morgan fingerprint density at radius 3 is 2.57 bits per heavy atom. The van der Waals surface area contributed by atoms with Gasteiger partial charge in [0.05, 0.1) is 12.2 Å². The smallest absolute Gasteiger partial charge is 0.416 e. The molecule has 2 aromatic rings. The molecule has 1 aliphatic rings. The molecule has 0 aliphatic carbocycles. The fourth-order valence-electron chi connectivity index (χ4n) is 3.93. The highest BCUT2D eigenvalue weighted by molar-refractivity contribution is 6.10. The van der Waals surface area contributed by atoms with Crippen LogP contribution < -0.4 is 5.32 Å². The van der Waals surface area contributed by atoms with E-state index < -0.39 is 35.8 Å². The normalized spacial score (nSPS) is 15.3. The van der Waals surface area contributed by atoms with E-state index in [0.29, 0.717) is 29.8 Å². The highest BCUT2D eigenvalue weighted by Gasteiger charge is 2.34. The Labute approximate surface area is 203 Å². The number of aliphatic carboxylic acids is 1. The van der Waals surface area contributed by atoms with Crippen molar-refractivity contribution in [1.82, 2.24) is 9.88 Å². The number of carbonyl (C=O) groups is 4. The van der Waals surface area contributed by atoms with Crippen LogP contribution in [0, 0.1) is 5.92 Å². The first-order valence-corrected chi connectivity index (χ1v) is 11.4. The average Bonchev–Trinajstić information content (AvgIpc) is 3.28. The summed E-state index contributed by atoms with van der Waals surface area (Å²) in [5, 5.41) is 12.8. The van der Waals surface area contributed by atoms with E-state index in [2.05, 4.69) is 15.3 Å². The molecule has 0 spiro atoms. The third kappa shape index (κ3) is 6.50. The molecule has 3 rings (SSSR count). The van der Waals surface area contributed by atoms with Gasteiger partial charge in [0.25, 0.3) is 5.91 Å². The van der Waals surface area contributed by atoms with Crippen LogP contribution in [0.1, 0.15) is 49.2 Å². The number of nitrogens with one attached hydrogen (secondary N) is 1. The first kappa shape index (κ1) is 25.5. The molecule has 0 radical (unpaired) electrons. The topological polar surface area (TPSA) is 138 Å². The van der Waals surface area contributed by atoms with Crippen LogP contribution in [0.3, 0.4) is 0 Å². The van der Waals surface area contributed by atoms with Crippen molar-refractivity contribution in [1.29, 1.82) is 0 Å². The van der Waals surface area contributed by atoms with Gasteiger partial charge in [-0.2, -0.15) is 0 Å². The molecule has 2 atom stereocenters. The summed E-state index contributed by atoms with van der Waals surface area (Å²) in [5.41, 5.74) is 1.63. The number of imide groups is 1. The van der Waals surface area contributed by atoms with Gasteiger partial charge >= 0.3 is 12.1 Å². The third-order valence-electron chi connectivity index (χ3n) is 5.65. The molecule has 3 amide bonds. The third-order valence-corrected chi connectivity index (χ3v) is 5.65. The van der Waals surface area contributed by atoms with Crippen molar-refractivity contribution in [3.63, 3.8) is 0 Å². The van der Waals surface area contributed by atoms with Gasteiger partial charge in [-0.1, -0.05) is 37.6 Å². The van der Waals surface area contributed by atoms with Crippen molar-refractivity contribution < 1.29 is 29.0 Å². The Bertz CT molecular complexity index is 1120. The molecule has 10 heteroatoms. The van der Waals surface area contributed by atoms with E-state index in [1.165, 1.54) is 6.20 Å². The fourth-order valence-corrected chi connectivity index (χ4v) is 3.93. The zero-order valence-corrected chi connectivity index (χ0v) is 19.6. The van der Waals surface area contributed by atoms with Crippen molar-refractivity contribution in [2.45, 2.75) is 39.2 Å². The number of carboxylic acid groups (broad SMARTS) is 1. The fraction of sp³-hybridized carbons (Fsp3) is 0.360. The Morgan fingerprint density at radius 2 is 1.94 bits per heavy atom. The average molecular weight is 481 g/mol. The standard InChI is InChI=1S/C25H28N4O6/c1-3-8-17(15-21(30)29-13-14-35-25(29)34)22(24(32)33)27-16(2)18-9-4-5-10-19(18)28-23(31)20-11-6-7-12-26-20/h4-7,9-12,17,22H,3,8,13-15H2,1-2H3,(H,28,31)(H,32,33)/t17-,22-/m1/s1. The van der Waals surface area contributed by atoms with Crippen LogP contribution in [-0.2, 0) is 14.3 Å². The number of cyclic esters (lactones) is 1. The van der Waals surface area contributed by atoms with Gasteiger partial charge in [0, 0.05) is 29.8 Å². The van der Waals surface area contributed by atoms with Gasteiger partial charge < -0.3 is 15.2 Å². The number of rotatable bonds is 10. The predicted molar refractivity (Wildman–Crippen MR) is 128 cm³/mol. The highest BCUT2D eigenvalue weighted by atomic mass is 16.6. The molecule has 1 aliphatic heterocycles. The summed E-state index contributed by atoms with van der Waals surface area (Å²) in [4.78, 5) is 58.7. The van der Waals surface area contributed by atoms with Gasteiger partial charge in [-0.15, -0.1) is 0 Å². The molecular formula is C25H28N4O6. The predicted octanol–water partition coefficient (Wildman–Crippen LogP) is 3.38. The lowest BCUT2D eigenvalue weighted by molar-refractivity contribution is -0.140. The molecule has 0 saturated carbocycles. The number of aromatic nitrogens is 1. The minimum Gasteiger partial charge on any atom is -0.480 e. The van der Waals surface area contributed by atoms with Gasteiger partial charge in [0.1, 0.15) is 12.3 Å². The maximum Gasteiger partial charge on any atom is 0.416 e. The SMILES string of the molecule is CCC[C@H](CC(=O)N1CCOC1=O)[C@@H](N=C(C)c1ccccc1NC(=O)c1ccccn1)C(=O)O. The number of anilines is 1. The lowest BCUT2D eigenvalue weighted by Crippen LogP contribution is -2.37. The first-order chi connectivity index (χ1) is 16.8. The lowest BCUT2D eigenvalue weighted by Gasteiger charge is -2.23. The monoisotopic (exact) mass is 480 g/mol. The minimum absolute atomic E-state index is 0.129. The molecule has 10 nitrogen and oxygen atoms in total. The molecule has 1 aromatic carbocycles. The second-order valence-corrected chi connectivity index (χ2v) is 8.12. The van der Waals surface area contributed by atoms with Crippen molar-refractivity contribution in [2.75, 3.05) is 18.5 Å². The summed E-state index contributed by atoms with van der Waals surface area (Å²) in [5.74, 6) is -2.68.